The molecular formula is C21H28N4O4S. The molecule has 1 aliphatic heterocycles. The van der Waals surface area contributed by atoms with Gasteiger partial charge in [0.15, 0.2) is 0 Å². The summed E-state index contributed by atoms with van der Waals surface area (Å²) in [7, 11) is -3.61. The summed E-state index contributed by atoms with van der Waals surface area (Å²) in [4.78, 5) is 20.4. The fourth-order valence-corrected chi connectivity index (χ4v) is 5.18. The number of aryl methyl sites for hydroxylation is 3. The summed E-state index contributed by atoms with van der Waals surface area (Å²) in [6.45, 7) is 7.97. The molecule has 1 aromatic carbocycles. The Kier molecular flexibility index (Phi) is 6.72. The van der Waals surface area contributed by atoms with Crippen molar-refractivity contribution in [1.29, 1.82) is 0 Å². The van der Waals surface area contributed by atoms with E-state index in [1.165, 1.54) is 4.31 Å². The van der Waals surface area contributed by atoms with Crippen molar-refractivity contribution in [2.75, 3.05) is 18.4 Å². The number of amides is 1. The maximum Gasteiger partial charge on any atom is 0.243 e. The van der Waals surface area contributed by atoms with Gasteiger partial charge >= 0.3 is 0 Å². The molecule has 1 aliphatic rings. The lowest BCUT2D eigenvalue weighted by Gasteiger charge is -2.31. The first-order valence-electron chi connectivity index (χ1n) is 10.1. The van der Waals surface area contributed by atoms with Gasteiger partial charge in [-0.25, -0.2) is 13.4 Å². The summed E-state index contributed by atoms with van der Waals surface area (Å²) in [5, 5.41) is 2.75. The lowest BCUT2D eigenvalue weighted by Crippen LogP contribution is -2.42. The SMILES string of the molecule is CCC(=O)Nc1ccc(S(=O)(=O)N2CCC(Oc3cc(C)nc(C)n3)CC2)c(C)c1. The molecule has 0 spiro atoms. The fraction of sp³-hybridized carbons (Fsp3) is 0.476. The van der Waals surface area contributed by atoms with Gasteiger partial charge in [-0.05, 0) is 57.4 Å². The smallest absolute Gasteiger partial charge is 0.243 e. The highest BCUT2D eigenvalue weighted by Crippen LogP contribution is 2.27. The van der Waals surface area contributed by atoms with Crippen LogP contribution in [0.4, 0.5) is 5.69 Å². The molecule has 162 valence electrons. The number of nitrogens with zero attached hydrogens (tertiary/aromatic N) is 3. The van der Waals surface area contributed by atoms with E-state index in [4.69, 9.17) is 4.74 Å². The van der Waals surface area contributed by atoms with Crippen molar-refractivity contribution in [3.8, 4) is 5.88 Å². The van der Waals surface area contributed by atoms with Crippen molar-refractivity contribution in [3.63, 3.8) is 0 Å². The van der Waals surface area contributed by atoms with Crippen LogP contribution >= 0.6 is 0 Å². The first kappa shape index (κ1) is 22.2. The van der Waals surface area contributed by atoms with Crippen LogP contribution in [0.25, 0.3) is 0 Å². The molecule has 0 atom stereocenters. The van der Waals surface area contributed by atoms with Crippen molar-refractivity contribution in [1.82, 2.24) is 14.3 Å². The Morgan fingerprint density at radius 3 is 2.47 bits per heavy atom. The van der Waals surface area contributed by atoms with Gasteiger partial charge in [-0.15, -0.1) is 0 Å². The number of nitrogens with one attached hydrogen (secondary N) is 1. The number of piperidine rings is 1. The predicted molar refractivity (Wildman–Crippen MR) is 114 cm³/mol. The molecule has 0 unspecified atom stereocenters. The van der Waals surface area contributed by atoms with Gasteiger partial charge < -0.3 is 10.1 Å². The topological polar surface area (TPSA) is 101 Å². The number of ether oxygens (including phenoxy) is 1. The number of sulfonamides is 1. The molecular weight excluding hydrogens is 404 g/mol. The standard InChI is InChI=1S/C21H28N4O4S/c1-5-20(26)24-17-6-7-19(14(2)12-17)30(27,28)25-10-8-18(9-11-25)29-21-13-15(3)22-16(4)23-21/h6-7,12-13,18H,5,8-11H2,1-4H3,(H,24,26). The van der Waals surface area contributed by atoms with Crippen LogP contribution in [0.2, 0.25) is 0 Å². The average molecular weight is 433 g/mol. The van der Waals surface area contributed by atoms with E-state index in [-0.39, 0.29) is 16.9 Å². The van der Waals surface area contributed by atoms with E-state index in [1.54, 1.807) is 38.1 Å². The van der Waals surface area contributed by atoms with Crippen LogP contribution < -0.4 is 10.1 Å². The van der Waals surface area contributed by atoms with E-state index in [0.717, 1.165) is 5.69 Å². The maximum absolute atomic E-state index is 13.1. The molecule has 1 amide bonds. The molecule has 1 saturated heterocycles. The highest BCUT2D eigenvalue weighted by atomic mass is 32.2. The Balaban J connectivity index is 1.66. The van der Waals surface area contributed by atoms with E-state index in [1.807, 2.05) is 13.8 Å². The molecule has 1 fully saturated rings. The van der Waals surface area contributed by atoms with Gasteiger partial charge in [-0.2, -0.15) is 9.29 Å². The third-order valence-corrected chi connectivity index (χ3v) is 7.09. The van der Waals surface area contributed by atoms with Gasteiger partial charge in [-0.1, -0.05) is 6.92 Å². The highest BCUT2D eigenvalue weighted by molar-refractivity contribution is 7.89. The summed E-state index contributed by atoms with van der Waals surface area (Å²) < 4.78 is 33.7. The lowest BCUT2D eigenvalue weighted by molar-refractivity contribution is -0.115. The third kappa shape index (κ3) is 5.14. The Morgan fingerprint density at radius 2 is 1.87 bits per heavy atom. The normalized spacial score (nSPS) is 15.7. The maximum atomic E-state index is 13.1. The van der Waals surface area contributed by atoms with Crippen LogP contribution in [-0.2, 0) is 14.8 Å². The Morgan fingerprint density at radius 1 is 1.17 bits per heavy atom. The Labute approximate surface area is 177 Å². The second-order valence-electron chi connectivity index (χ2n) is 7.50. The monoisotopic (exact) mass is 432 g/mol. The second kappa shape index (κ2) is 9.09. The number of rotatable bonds is 6. The van der Waals surface area contributed by atoms with Crippen molar-refractivity contribution in [2.45, 2.75) is 58.0 Å². The number of aromatic nitrogens is 2. The van der Waals surface area contributed by atoms with Gasteiger partial charge in [0.05, 0.1) is 4.90 Å². The van der Waals surface area contributed by atoms with Gasteiger partial charge in [0.1, 0.15) is 11.9 Å². The number of hydrogen-bond acceptors (Lipinski definition) is 6. The average Bonchev–Trinajstić information content (AvgIpc) is 2.67. The third-order valence-electron chi connectivity index (χ3n) is 5.03. The zero-order valence-corrected chi connectivity index (χ0v) is 18.6. The predicted octanol–water partition coefficient (Wildman–Crippen LogP) is 2.98. The van der Waals surface area contributed by atoms with Crippen LogP contribution in [0.15, 0.2) is 29.2 Å². The summed E-state index contributed by atoms with van der Waals surface area (Å²) in [5.74, 6) is 1.07. The van der Waals surface area contributed by atoms with Crippen LogP contribution in [0.3, 0.4) is 0 Å². The van der Waals surface area contributed by atoms with Crippen LogP contribution in [0, 0.1) is 20.8 Å². The van der Waals surface area contributed by atoms with Crippen molar-refractivity contribution < 1.29 is 17.9 Å². The highest BCUT2D eigenvalue weighted by Gasteiger charge is 2.31. The Bertz CT molecular complexity index is 1010. The molecule has 0 saturated carbocycles. The zero-order valence-electron chi connectivity index (χ0n) is 17.8. The summed E-state index contributed by atoms with van der Waals surface area (Å²) >= 11 is 0. The summed E-state index contributed by atoms with van der Waals surface area (Å²) in [5.41, 5.74) is 2.04. The molecule has 1 N–H and O–H groups in total. The van der Waals surface area contributed by atoms with Crippen molar-refractivity contribution in [2.24, 2.45) is 0 Å². The minimum Gasteiger partial charge on any atom is -0.474 e. The molecule has 0 bridgehead atoms. The quantitative estimate of drug-likeness (QED) is 0.753. The van der Waals surface area contributed by atoms with Crippen molar-refractivity contribution in [3.05, 3.63) is 41.3 Å². The number of carbonyl (C=O) groups is 1. The first-order chi connectivity index (χ1) is 14.2. The number of anilines is 1. The van der Waals surface area contributed by atoms with E-state index >= 15 is 0 Å². The van der Waals surface area contributed by atoms with Crippen LogP contribution in [0.5, 0.6) is 5.88 Å². The van der Waals surface area contributed by atoms with E-state index in [2.05, 4.69) is 15.3 Å². The number of carbonyl (C=O) groups excluding carboxylic acids is 1. The minimum absolute atomic E-state index is 0.0853. The molecule has 1 aromatic heterocycles. The minimum atomic E-state index is -3.61. The van der Waals surface area contributed by atoms with Crippen LogP contribution in [0.1, 0.15) is 43.3 Å². The summed E-state index contributed by atoms with van der Waals surface area (Å²) in [6, 6.07) is 6.67. The second-order valence-corrected chi connectivity index (χ2v) is 9.40. The molecule has 2 aromatic rings. The van der Waals surface area contributed by atoms with Crippen molar-refractivity contribution >= 4 is 21.6 Å². The molecule has 30 heavy (non-hydrogen) atoms. The number of hydrogen-bond donors (Lipinski definition) is 1. The molecule has 8 nitrogen and oxygen atoms in total. The van der Waals surface area contributed by atoms with Crippen LogP contribution in [-0.4, -0.2) is 47.8 Å². The fourth-order valence-electron chi connectivity index (χ4n) is 3.51. The van der Waals surface area contributed by atoms with E-state index in [9.17, 15) is 13.2 Å². The molecule has 2 heterocycles. The first-order valence-corrected chi connectivity index (χ1v) is 11.5. The van der Waals surface area contributed by atoms with E-state index < -0.39 is 10.0 Å². The van der Waals surface area contributed by atoms with Gasteiger partial charge in [0.25, 0.3) is 0 Å². The van der Waals surface area contributed by atoms with E-state index in [0.29, 0.717) is 55.3 Å². The molecule has 0 radical (unpaired) electrons. The molecule has 3 rings (SSSR count). The summed E-state index contributed by atoms with van der Waals surface area (Å²) in [6.07, 6.45) is 1.46. The lowest BCUT2D eigenvalue weighted by atomic mass is 10.1. The van der Waals surface area contributed by atoms with Gasteiger partial charge in [0.2, 0.25) is 21.8 Å². The largest absolute Gasteiger partial charge is 0.474 e. The number of benzene rings is 1. The zero-order chi connectivity index (χ0) is 21.9. The molecule has 0 aliphatic carbocycles. The van der Waals surface area contributed by atoms with Gasteiger partial charge in [-0.3, -0.25) is 4.79 Å². The van der Waals surface area contributed by atoms with Gasteiger partial charge in [0, 0.05) is 37.0 Å². The molecule has 9 heteroatoms. The Hall–Kier alpha value is -2.52.